The van der Waals surface area contributed by atoms with Crippen LogP contribution in [0.3, 0.4) is 0 Å². The monoisotopic (exact) mass is 234 g/mol. The van der Waals surface area contributed by atoms with Crippen molar-refractivity contribution < 1.29 is 4.74 Å². The lowest BCUT2D eigenvalue weighted by Gasteiger charge is -2.26. The Hall–Kier alpha value is -1.25. The number of rotatable bonds is 4. The molecule has 0 atom stereocenters. The molecule has 17 heavy (non-hydrogen) atoms. The molecule has 0 amide bonds. The van der Waals surface area contributed by atoms with Crippen molar-refractivity contribution in [3.8, 4) is 5.88 Å². The Morgan fingerprint density at radius 2 is 2.12 bits per heavy atom. The number of nitrogens with zero attached hydrogens (tertiary/aromatic N) is 1. The second kappa shape index (κ2) is 5.89. The van der Waals surface area contributed by atoms with Crippen molar-refractivity contribution >= 4 is 5.69 Å². The van der Waals surface area contributed by atoms with Crippen molar-refractivity contribution in [1.82, 2.24) is 4.98 Å². The molecular weight excluding hydrogens is 212 g/mol. The summed E-state index contributed by atoms with van der Waals surface area (Å²) in [5.74, 6) is 2.42. The number of hydrogen-bond donors (Lipinski definition) is 1. The molecule has 0 unspecified atom stereocenters. The van der Waals surface area contributed by atoms with Crippen molar-refractivity contribution in [2.75, 3.05) is 19.0 Å². The van der Waals surface area contributed by atoms with Gasteiger partial charge in [0.05, 0.1) is 7.11 Å². The van der Waals surface area contributed by atoms with Crippen LogP contribution in [-0.2, 0) is 0 Å². The van der Waals surface area contributed by atoms with E-state index in [9.17, 15) is 0 Å². The van der Waals surface area contributed by atoms with Crippen LogP contribution >= 0.6 is 0 Å². The van der Waals surface area contributed by atoms with E-state index in [2.05, 4.69) is 17.2 Å². The number of aromatic nitrogens is 1. The summed E-state index contributed by atoms with van der Waals surface area (Å²) in [6, 6.07) is 3.94. The first kappa shape index (κ1) is 12.2. The van der Waals surface area contributed by atoms with Crippen LogP contribution in [-0.4, -0.2) is 18.6 Å². The molecule has 0 aliphatic heterocycles. The van der Waals surface area contributed by atoms with E-state index < -0.39 is 0 Å². The number of nitrogens with one attached hydrogen (secondary N) is 1. The van der Waals surface area contributed by atoms with E-state index in [1.165, 1.54) is 25.7 Å². The van der Waals surface area contributed by atoms with Gasteiger partial charge < -0.3 is 10.1 Å². The second-order valence-corrected chi connectivity index (χ2v) is 5.09. The lowest BCUT2D eigenvalue weighted by atomic mass is 9.83. The van der Waals surface area contributed by atoms with Gasteiger partial charge in [-0.3, -0.25) is 0 Å². The lowest BCUT2D eigenvalue weighted by molar-refractivity contribution is 0.300. The minimum absolute atomic E-state index is 0.673. The molecule has 1 aliphatic rings. The zero-order valence-corrected chi connectivity index (χ0v) is 10.8. The quantitative estimate of drug-likeness (QED) is 0.867. The minimum atomic E-state index is 0.673. The van der Waals surface area contributed by atoms with E-state index >= 15 is 0 Å². The highest BCUT2D eigenvalue weighted by Crippen LogP contribution is 2.28. The molecule has 0 spiro atoms. The van der Waals surface area contributed by atoms with Gasteiger partial charge in [0, 0.05) is 24.5 Å². The first-order valence-electron chi connectivity index (χ1n) is 6.52. The Labute approximate surface area is 104 Å². The van der Waals surface area contributed by atoms with Crippen molar-refractivity contribution in [2.45, 2.75) is 32.6 Å². The van der Waals surface area contributed by atoms with Gasteiger partial charge in [-0.1, -0.05) is 19.8 Å². The van der Waals surface area contributed by atoms with E-state index in [1.807, 2.05) is 12.1 Å². The van der Waals surface area contributed by atoms with Gasteiger partial charge in [0.2, 0.25) is 5.88 Å². The van der Waals surface area contributed by atoms with Gasteiger partial charge in [-0.2, -0.15) is 0 Å². The minimum Gasteiger partial charge on any atom is -0.481 e. The van der Waals surface area contributed by atoms with Crippen LogP contribution in [0.1, 0.15) is 32.6 Å². The summed E-state index contributed by atoms with van der Waals surface area (Å²) in [4.78, 5) is 4.10. The molecule has 0 radical (unpaired) electrons. The molecule has 0 saturated heterocycles. The fourth-order valence-electron chi connectivity index (χ4n) is 2.43. The van der Waals surface area contributed by atoms with Crippen molar-refractivity contribution in [1.29, 1.82) is 0 Å². The standard InChI is InChI=1S/C14H22N2O/c1-11-3-5-12(6-4-11)10-16-13-7-8-15-14(9-13)17-2/h7-9,11-12H,3-6,10H2,1-2H3,(H,15,16). The molecule has 3 nitrogen and oxygen atoms in total. The summed E-state index contributed by atoms with van der Waals surface area (Å²) in [7, 11) is 1.65. The van der Waals surface area contributed by atoms with Crippen LogP contribution in [0.5, 0.6) is 5.88 Å². The molecule has 1 N–H and O–H groups in total. The summed E-state index contributed by atoms with van der Waals surface area (Å²) < 4.78 is 5.11. The van der Waals surface area contributed by atoms with E-state index in [4.69, 9.17) is 4.74 Å². The number of anilines is 1. The van der Waals surface area contributed by atoms with E-state index in [-0.39, 0.29) is 0 Å². The average Bonchev–Trinajstić information content (AvgIpc) is 2.38. The molecule has 1 aromatic rings. The molecule has 94 valence electrons. The van der Waals surface area contributed by atoms with Crippen LogP contribution in [0.2, 0.25) is 0 Å². The fraction of sp³-hybridized carbons (Fsp3) is 0.643. The van der Waals surface area contributed by atoms with Crippen molar-refractivity contribution in [3.05, 3.63) is 18.3 Å². The normalized spacial score (nSPS) is 24.4. The molecule has 1 saturated carbocycles. The average molecular weight is 234 g/mol. The SMILES string of the molecule is COc1cc(NCC2CCC(C)CC2)ccn1. The first-order valence-corrected chi connectivity index (χ1v) is 6.52. The third-order valence-corrected chi connectivity index (χ3v) is 3.67. The molecule has 0 bridgehead atoms. The molecule has 2 rings (SSSR count). The Morgan fingerprint density at radius 1 is 1.35 bits per heavy atom. The molecule has 1 aliphatic carbocycles. The third-order valence-electron chi connectivity index (χ3n) is 3.67. The Morgan fingerprint density at radius 3 is 2.82 bits per heavy atom. The van der Waals surface area contributed by atoms with Gasteiger partial charge in [-0.25, -0.2) is 4.98 Å². The van der Waals surface area contributed by atoms with Crippen LogP contribution in [0, 0.1) is 11.8 Å². The molecule has 0 aromatic carbocycles. The smallest absolute Gasteiger partial charge is 0.214 e. The highest BCUT2D eigenvalue weighted by Gasteiger charge is 2.17. The van der Waals surface area contributed by atoms with E-state index in [0.717, 1.165) is 24.1 Å². The van der Waals surface area contributed by atoms with Crippen molar-refractivity contribution in [3.63, 3.8) is 0 Å². The highest BCUT2D eigenvalue weighted by atomic mass is 16.5. The maximum atomic E-state index is 5.11. The highest BCUT2D eigenvalue weighted by molar-refractivity contribution is 5.44. The van der Waals surface area contributed by atoms with Crippen LogP contribution in [0.25, 0.3) is 0 Å². The van der Waals surface area contributed by atoms with Gasteiger partial charge in [-0.15, -0.1) is 0 Å². The summed E-state index contributed by atoms with van der Waals surface area (Å²) >= 11 is 0. The van der Waals surface area contributed by atoms with E-state index in [1.54, 1.807) is 13.3 Å². The Kier molecular flexibility index (Phi) is 4.24. The number of hydrogen-bond acceptors (Lipinski definition) is 3. The van der Waals surface area contributed by atoms with Gasteiger partial charge >= 0.3 is 0 Å². The second-order valence-electron chi connectivity index (χ2n) is 5.09. The topological polar surface area (TPSA) is 34.1 Å². The molecular formula is C14H22N2O. The van der Waals surface area contributed by atoms with E-state index in [0.29, 0.717) is 5.88 Å². The van der Waals surface area contributed by atoms with Gasteiger partial charge in [-0.05, 0) is 30.7 Å². The van der Waals surface area contributed by atoms with Gasteiger partial charge in [0.15, 0.2) is 0 Å². The third kappa shape index (κ3) is 3.62. The van der Waals surface area contributed by atoms with Gasteiger partial charge in [0.1, 0.15) is 0 Å². The molecule has 1 fully saturated rings. The predicted molar refractivity (Wildman–Crippen MR) is 70.4 cm³/mol. The maximum Gasteiger partial charge on any atom is 0.214 e. The summed E-state index contributed by atoms with van der Waals surface area (Å²) in [5, 5.41) is 3.48. The van der Waals surface area contributed by atoms with Crippen LogP contribution in [0.15, 0.2) is 18.3 Å². The largest absolute Gasteiger partial charge is 0.481 e. The number of methoxy groups -OCH3 is 1. The maximum absolute atomic E-state index is 5.11. The summed E-state index contributed by atoms with van der Waals surface area (Å²) in [5.41, 5.74) is 1.11. The fourth-order valence-corrected chi connectivity index (χ4v) is 2.43. The lowest BCUT2D eigenvalue weighted by Crippen LogP contribution is -2.20. The summed E-state index contributed by atoms with van der Waals surface area (Å²) in [6.07, 6.45) is 7.26. The molecule has 3 heteroatoms. The van der Waals surface area contributed by atoms with Crippen LogP contribution in [0.4, 0.5) is 5.69 Å². The molecule has 1 heterocycles. The van der Waals surface area contributed by atoms with Gasteiger partial charge in [0.25, 0.3) is 0 Å². The first-order chi connectivity index (χ1) is 8.28. The Balaban J connectivity index is 1.81. The molecule has 1 aromatic heterocycles. The number of ether oxygens (including phenoxy) is 1. The number of pyridine rings is 1. The van der Waals surface area contributed by atoms with Crippen molar-refractivity contribution in [2.24, 2.45) is 11.8 Å². The Bertz CT molecular complexity index is 346. The zero-order chi connectivity index (χ0) is 12.1. The zero-order valence-electron chi connectivity index (χ0n) is 10.8. The summed E-state index contributed by atoms with van der Waals surface area (Å²) in [6.45, 7) is 3.43. The van der Waals surface area contributed by atoms with Crippen LogP contribution < -0.4 is 10.1 Å². The predicted octanol–water partition coefficient (Wildman–Crippen LogP) is 3.33.